The number of nitrogen functional groups attached to an aromatic ring is 1. The highest BCUT2D eigenvalue weighted by molar-refractivity contribution is 5.49. The van der Waals surface area contributed by atoms with Gasteiger partial charge in [0, 0.05) is 32.0 Å². The zero-order valence-electron chi connectivity index (χ0n) is 11.5. The number of ether oxygens (including phenoxy) is 1. The van der Waals surface area contributed by atoms with Crippen molar-refractivity contribution in [3.05, 3.63) is 29.3 Å². The maximum Gasteiger partial charge on any atom is 0.0469 e. The lowest BCUT2D eigenvalue weighted by molar-refractivity contribution is 0.0549. The lowest BCUT2D eigenvalue weighted by Gasteiger charge is -2.27. The standard InChI is InChI=1S/C15H24N2O/c1-12-14(4-3-5-15(12)16)11-17(2)10-13-6-8-18-9-7-13/h3-5,13H,6-11,16H2,1-2H3. The summed E-state index contributed by atoms with van der Waals surface area (Å²) in [7, 11) is 2.19. The van der Waals surface area contributed by atoms with Crippen LogP contribution < -0.4 is 5.73 Å². The van der Waals surface area contributed by atoms with Gasteiger partial charge in [-0.25, -0.2) is 0 Å². The van der Waals surface area contributed by atoms with E-state index >= 15 is 0 Å². The van der Waals surface area contributed by atoms with Crippen LogP contribution >= 0.6 is 0 Å². The van der Waals surface area contributed by atoms with Crippen LogP contribution in [0.15, 0.2) is 18.2 Å². The summed E-state index contributed by atoms with van der Waals surface area (Å²) in [5, 5.41) is 0. The number of nitrogens with two attached hydrogens (primary N) is 1. The zero-order valence-corrected chi connectivity index (χ0v) is 11.5. The first-order chi connectivity index (χ1) is 8.66. The maximum absolute atomic E-state index is 5.95. The number of benzene rings is 1. The van der Waals surface area contributed by atoms with Crippen LogP contribution in [0, 0.1) is 12.8 Å². The maximum atomic E-state index is 5.95. The lowest BCUT2D eigenvalue weighted by Crippen LogP contribution is -2.29. The molecule has 0 saturated carbocycles. The van der Waals surface area contributed by atoms with E-state index < -0.39 is 0 Å². The van der Waals surface area contributed by atoms with Crippen molar-refractivity contribution in [2.45, 2.75) is 26.3 Å². The minimum absolute atomic E-state index is 0.783. The number of hydrogen-bond donors (Lipinski definition) is 1. The van der Waals surface area contributed by atoms with Crippen molar-refractivity contribution in [3.8, 4) is 0 Å². The Hall–Kier alpha value is -1.06. The van der Waals surface area contributed by atoms with Gasteiger partial charge in [-0.05, 0) is 49.9 Å². The van der Waals surface area contributed by atoms with E-state index in [0.29, 0.717) is 0 Å². The molecular formula is C15H24N2O. The summed E-state index contributed by atoms with van der Waals surface area (Å²) in [4.78, 5) is 2.40. The molecule has 0 atom stereocenters. The fourth-order valence-electron chi connectivity index (χ4n) is 2.60. The molecule has 0 radical (unpaired) electrons. The molecule has 2 rings (SSSR count). The van der Waals surface area contributed by atoms with Crippen LogP contribution in [0.25, 0.3) is 0 Å². The third-order valence-electron chi connectivity index (χ3n) is 3.84. The number of rotatable bonds is 4. The van der Waals surface area contributed by atoms with Crippen molar-refractivity contribution in [1.29, 1.82) is 0 Å². The van der Waals surface area contributed by atoms with Crippen molar-refractivity contribution in [1.82, 2.24) is 4.90 Å². The first-order valence-electron chi connectivity index (χ1n) is 6.77. The van der Waals surface area contributed by atoms with Gasteiger partial charge in [0.15, 0.2) is 0 Å². The van der Waals surface area contributed by atoms with Gasteiger partial charge in [-0.15, -0.1) is 0 Å². The molecule has 0 aliphatic carbocycles. The van der Waals surface area contributed by atoms with E-state index in [1.807, 2.05) is 12.1 Å². The van der Waals surface area contributed by atoms with Gasteiger partial charge in [-0.1, -0.05) is 12.1 Å². The van der Waals surface area contributed by atoms with Crippen molar-refractivity contribution >= 4 is 5.69 Å². The average Bonchev–Trinajstić information content (AvgIpc) is 2.36. The Morgan fingerprint density at radius 1 is 1.33 bits per heavy atom. The highest BCUT2D eigenvalue weighted by Crippen LogP contribution is 2.19. The highest BCUT2D eigenvalue weighted by atomic mass is 16.5. The first kappa shape index (κ1) is 13.4. The second kappa shape index (κ2) is 6.21. The average molecular weight is 248 g/mol. The van der Waals surface area contributed by atoms with Gasteiger partial charge < -0.3 is 15.4 Å². The molecule has 0 unspecified atom stereocenters. The summed E-state index contributed by atoms with van der Waals surface area (Å²) in [6, 6.07) is 6.18. The normalized spacial score (nSPS) is 17.3. The summed E-state index contributed by atoms with van der Waals surface area (Å²) in [5.74, 6) is 0.783. The summed E-state index contributed by atoms with van der Waals surface area (Å²) in [6.45, 7) is 6.09. The predicted octanol–water partition coefficient (Wildman–Crippen LogP) is 2.44. The smallest absolute Gasteiger partial charge is 0.0469 e. The number of nitrogens with zero attached hydrogens (tertiary/aromatic N) is 1. The minimum atomic E-state index is 0.783. The summed E-state index contributed by atoms with van der Waals surface area (Å²) >= 11 is 0. The van der Waals surface area contributed by atoms with Gasteiger partial charge in [0.1, 0.15) is 0 Å². The molecule has 0 amide bonds. The number of hydrogen-bond acceptors (Lipinski definition) is 3. The minimum Gasteiger partial charge on any atom is -0.399 e. The molecule has 1 fully saturated rings. The molecule has 1 aromatic rings. The topological polar surface area (TPSA) is 38.5 Å². The van der Waals surface area contributed by atoms with Gasteiger partial charge >= 0.3 is 0 Å². The monoisotopic (exact) mass is 248 g/mol. The molecule has 18 heavy (non-hydrogen) atoms. The zero-order chi connectivity index (χ0) is 13.0. The molecule has 3 nitrogen and oxygen atoms in total. The summed E-state index contributed by atoms with van der Waals surface area (Å²) in [5.41, 5.74) is 9.40. The van der Waals surface area contributed by atoms with Crippen LogP contribution in [0.4, 0.5) is 5.69 Å². The Kier molecular flexibility index (Phi) is 4.61. The van der Waals surface area contributed by atoms with Crippen LogP contribution in [0.5, 0.6) is 0 Å². The van der Waals surface area contributed by atoms with Gasteiger partial charge in [0.2, 0.25) is 0 Å². The number of anilines is 1. The molecule has 2 N–H and O–H groups in total. The van der Waals surface area contributed by atoms with Crippen LogP contribution in [0.1, 0.15) is 24.0 Å². The molecule has 0 bridgehead atoms. The lowest BCUT2D eigenvalue weighted by atomic mass is 9.99. The molecule has 1 aliphatic rings. The van der Waals surface area contributed by atoms with Crippen LogP contribution in [-0.2, 0) is 11.3 Å². The van der Waals surface area contributed by atoms with Gasteiger partial charge in [-0.2, -0.15) is 0 Å². The van der Waals surface area contributed by atoms with Crippen LogP contribution in [0.2, 0.25) is 0 Å². The Morgan fingerprint density at radius 2 is 2.06 bits per heavy atom. The van der Waals surface area contributed by atoms with E-state index in [1.165, 1.54) is 24.0 Å². The Morgan fingerprint density at radius 3 is 2.78 bits per heavy atom. The van der Waals surface area contributed by atoms with E-state index in [-0.39, 0.29) is 0 Å². The quantitative estimate of drug-likeness (QED) is 0.832. The first-order valence-corrected chi connectivity index (χ1v) is 6.77. The second-order valence-electron chi connectivity index (χ2n) is 5.38. The molecule has 100 valence electrons. The van der Waals surface area contributed by atoms with Gasteiger partial charge in [-0.3, -0.25) is 0 Å². The van der Waals surface area contributed by atoms with E-state index in [9.17, 15) is 0 Å². The van der Waals surface area contributed by atoms with Crippen LogP contribution in [-0.4, -0.2) is 31.7 Å². The van der Waals surface area contributed by atoms with Gasteiger partial charge in [0.25, 0.3) is 0 Å². The van der Waals surface area contributed by atoms with Crippen LogP contribution in [0.3, 0.4) is 0 Å². The fraction of sp³-hybridized carbons (Fsp3) is 0.600. The fourth-order valence-corrected chi connectivity index (χ4v) is 2.60. The Labute approximate surface area is 110 Å². The largest absolute Gasteiger partial charge is 0.399 e. The summed E-state index contributed by atoms with van der Waals surface area (Å²) < 4.78 is 5.40. The Bertz CT molecular complexity index is 386. The highest BCUT2D eigenvalue weighted by Gasteiger charge is 2.16. The SMILES string of the molecule is Cc1c(N)cccc1CN(C)CC1CCOCC1. The van der Waals surface area contributed by atoms with Crippen molar-refractivity contribution in [3.63, 3.8) is 0 Å². The van der Waals surface area contributed by atoms with Gasteiger partial charge in [0.05, 0.1) is 0 Å². The molecule has 1 aliphatic heterocycles. The molecule has 3 heteroatoms. The molecule has 1 heterocycles. The molecular weight excluding hydrogens is 224 g/mol. The van der Waals surface area contributed by atoms with Crippen molar-refractivity contribution in [2.24, 2.45) is 5.92 Å². The van der Waals surface area contributed by atoms with Crippen molar-refractivity contribution in [2.75, 3.05) is 32.5 Å². The van der Waals surface area contributed by atoms with Crippen molar-refractivity contribution < 1.29 is 4.74 Å². The second-order valence-corrected chi connectivity index (χ2v) is 5.38. The van der Waals surface area contributed by atoms with E-state index in [0.717, 1.165) is 37.9 Å². The third-order valence-corrected chi connectivity index (χ3v) is 3.84. The predicted molar refractivity (Wildman–Crippen MR) is 75.5 cm³/mol. The molecule has 0 spiro atoms. The summed E-state index contributed by atoms with van der Waals surface area (Å²) in [6.07, 6.45) is 2.39. The Balaban J connectivity index is 1.90. The van der Waals surface area contributed by atoms with E-state index in [1.54, 1.807) is 0 Å². The molecule has 1 saturated heterocycles. The molecule has 0 aromatic heterocycles. The third kappa shape index (κ3) is 3.47. The molecule has 1 aromatic carbocycles. The van der Waals surface area contributed by atoms with E-state index in [4.69, 9.17) is 10.5 Å². The van der Waals surface area contributed by atoms with E-state index in [2.05, 4.69) is 24.9 Å².